The number of rotatable bonds is 5. The first-order chi connectivity index (χ1) is 8.27. The second-order valence-corrected chi connectivity index (χ2v) is 3.71. The molecular formula is C11H17N5O. The molecule has 0 atom stereocenters. The van der Waals surface area contributed by atoms with Gasteiger partial charge in [0.05, 0.1) is 6.61 Å². The Kier molecular flexibility index (Phi) is 3.41. The van der Waals surface area contributed by atoms with E-state index >= 15 is 0 Å². The summed E-state index contributed by atoms with van der Waals surface area (Å²) in [4.78, 5) is 12.8. The average molecular weight is 235 g/mol. The number of nitrogens with zero attached hydrogens (tertiary/aromatic N) is 4. The Bertz CT molecular complexity index is 508. The van der Waals surface area contributed by atoms with Gasteiger partial charge in [0.25, 0.3) is 6.01 Å². The Morgan fingerprint density at radius 1 is 1.35 bits per heavy atom. The van der Waals surface area contributed by atoms with Crippen molar-refractivity contribution in [1.29, 1.82) is 0 Å². The van der Waals surface area contributed by atoms with E-state index in [0.717, 1.165) is 29.9 Å². The van der Waals surface area contributed by atoms with Crippen LogP contribution in [0.3, 0.4) is 0 Å². The van der Waals surface area contributed by atoms with Crippen molar-refractivity contribution in [1.82, 2.24) is 19.5 Å². The molecule has 6 heteroatoms. The molecule has 2 aromatic heterocycles. The van der Waals surface area contributed by atoms with Crippen LogP contribution in [-0.2, 0) is 7.05 Å². The summed E-state index contributed by atoms with van der Waals surface area (Å²) in [5.41, 5.74) is 1.54. The van der Waals surface area contributed by atoms with Crippen LogP contribution in [0.25, 0.3) is 11.2 Å². The van der Waals surface area contributed by atoms with E-state index in [1.165, 1.54) is 6.33 Å². The second kappa shape index (κ2) is 4.99. The van der Waals surface area contributed by atoms with Gasteiger partial charge in [-0.05, 0) is 13.3 Å². The van der Waals surface area contributed by atoms with Crippen molar-refractivity contribution in [2.45, 2.75) is 20.3 Å². The van der Waals surface area contributed by atoms with Crippen LogP contribution in [0.15, 0.2) is 6.33 Å². The number of aryl methyl sites for hydroxylation is 1. The van der Waals surface area contributed by atoms with Gasteiger partial charge >= 0.3 is 0 Å². The van der Waals surface area contributed by atoms with Crippen molar-refractivity contribution in [3.05, 3.63) is 6.33 Å². The first-order valence-electron chi connectivity index (χ1n) is 5.82. The number of ether oxygens (including phenoxy) is 1. The summed E-state index contributed by atoms with van der Waals surface area (Å²) in [6, 6.07) is 0.572. The largest absolute Gasteiger partial charge is 0.465 e. The summed E-state index contributed by atoms with van der Waals surface area (Å²) in [6.45, 7) is 5.49. The lowest BCUT2D eigenvalue weighted by Crippen LogP contribution is -2.03. The molecule has 0 spiro atoms. The van der Waals surface area contributed by atoms with E-state index in [2.05, 4.69) is 27.2 Å². The molecule has 2 rings (SSSR count). The van der Waals surface area contributed by atoms with Crippen LogP contribution in [-0.4, -0.2) is 32.7 Å². The highest BCUT2D eigenvalue weighted by Gasteiger charge is 2.13. The van der Waals surface area contributed by atoms with Gasteiger partial charge in [0.15, 0.2) is 17.0 Å². The highest BCUT2D eigenvalue weighted by Crippen LogP contribution is 2.22. The summed E-state index contributed by atoms with van der Waals surface area (Å²) in [5, 5.41) is 3.24. The van der Waals surface area contributed by atoms with Crippen LogP contribution in [0, 0.1) is 0 Å². The highest BCUT2D eigenvalue weighted by atomic mass is 16.5. The Hall–Kier alpha value is -1.85. The smallest absolute Gasteiger partial charge is 0.298 e. The number of hydrogen-bond acceptors (Lipinski definition) is 5. The van der Waals surface area contributed by atoms with Crippen molar-refractivity contribution in [2.75, 3.05) is 18.5 Å². The highest BCUT2D eigenvalue weighted by molar-refractivity contribution is 5.83. The molecule has 0 unspecified atom stereocenters. The number of hydrogen-bond donors (Lipinski definition) is 1. The summed E-state index contributed by atoms with van der Waals surface area (Å²) in [7, 11) is 1.89. The predicted octanol–water partition coefficient (Wildman–Crippen LogP) is 1.58. The van der Waals surface area contributed by atoms with Crippen LogP contribution in [0.4, 0.5) is 5.82 Å². The molecule has 17 heavy (non-hydrogen) atoms. The zero-order valence-corrected chi connectivity index (χ0v) is 10.4. The van der Waals surface area contributed by atoms with Gasteiger partial charge in [-0.25, -0.2) is 9.97 Å². The zero-order valence-electron chi connectivity index (χ0n) is 10.4. The summed E-state index contributed by atoms with van der Waals surface area (Å²) < 4.78 is 7.27. The topological polar surface area (TPSA) is 64.9 Å². The Balaban J connectivity index is 2.45. The molecule has 2 heterocycles. The SMILES string of the molecule is CCCNc1ncnc2c1nc(OCC)n2C. The number of nitrogens with one attached hydrogen (secondary N) is 1. The molecule has 92 valence electrons. The molecule has 0 saturated carbocycles. The van der Waals surface area contributed by atoms with Gasteiger partial charge in [-0.1, -0.05) is 6.92 Å². The molecular weight excluding hydrogens is 218 g/mol. The molecule has 0 aromatic carbocycles. The van der Waals surface area contributed by atoms with Crippen LogP contribution in [0.2, 0.25) is 0 Å². The van der Waals surface area contributed by atoms with Gasteiger partial charge in [0, 0.05) is 13.6 Å². The minimum Gasteiger partial charge on any atom is -0.465 e. The fraction of sp³-hybridized carbons (Fsp3) is 0.545. The first kappa shape index (κ1) is 11.6. The van der Waals surface area contributed by atoms with Crippen LogP contribution in [0.1, 0.15) is 20.3 Å². The maximum atomic E-state index is 5.44. The molecule has 0 amide bonds. The van der Waals surface area contributed by atoms with E-state index in [4.69, 9.17) is 4.74 Å². The third kappa shape index (κ3) is 2.15. The molecule has 0 saturated heterocycles. The fourth-order valence-corrected chi connectivity index (χ4v) is 1.61. The molecule has 0 radical (unpaired) electrons. The third-order valence-electron chi connectivity index (χ3n) is 2.43. The average Bonchev–Trinajstić information content (AvgIpc) is 2.66. The molecule has 0 aliphatic carbocycles. The second-order valence-electron chi connectivity index (χ2n) is 3.71. The lowest BCUT2D eigenvalue weighted by atomic mass is 10.4. The van der Waals surface area contributed by atoms with E-state index < -0.39 is 0 Å². The van der Waals surface area contributed by atoms with Gasteiger partial charge < -0.3 is 10.1 Å². The van der Waals surface area contributed by atoms with Gasteiger partial charge in [0.2, 0.25) is 0 Å². The third-order valence-corrected chi connectivity index (χ3v) is 2.43. The lowest BCUT2D eigenvalue weighted by Gasteiger charge is -2.02. The van der Waals surface area contributed by atoms with Gasteiger partial charge in [-0.15, -0.1) is 0 Å². The van der Waals surface area contributed by atoms with Crippen LogP contribution < -0.4 is 10.1 Å². The minimum atomic E-state index is 0.572. The van der Waals surface area contributed by atoms with Crippen molar-refractivity contribution in [3.8, 4) is 6.01 Å². The molecule has 0 aliphatic heterocycles. The molecule has 0 aliphatic rings. The maximum absolute atomic E-state index is 5.44. The lowest BCUT2D eigenvalue weighted by molar-refractivity contribution is 0.304. The van der Waals surface area contributed by atoms with Crippen LogP contribution >= 0.6 is 0 Å². The van der Waals surface area contributed by atoms with Gasteiger partial charge in [-0.3, -0.25) is 4.57 Å². The molecule has 1 N–H and O–H groups in total. The zero-order chi connectivity index (χ0) is 12.3. The maximum Gasteiger partial charge on any atom is 0.298 e. The Morgan fingerprint density at radius 3 is 2.88 bits per heavy atom. The monoisotopic (exact) mass is 235 g/mol. The fourth-order valence-electron chi connectivity index (χ4n) is 1.61. The number of fused-ring (bicyclic) bond motifs is 1. The van der Waals surface area contributed by atoms with E-state index in [9.17, 15) is 0 Å². The molecule has 0 bridgehead atoms. The van der Waals surface area contributed by atoms with Crippen molar-refractivity contribution < 1.29 is 4.74 Å². The summed E-state index contributed by atoms with van der Waals surface area (Å²) in [5.74, 6) is 0.762. The predicted molar refractivity (Wildman–Crippen MR) is 66.3 cm³/mol. The standard InChI is InChI=1S/C11H17N5O/c1-4-6-12-9-8-10(14-7-13-9)16(3)11(15-8)17-5-2/h7H,4-6H2,1-3H3,(H,12,13,14). The van der Waals surface area contributed by atoms with E-state index in [1.54, 1.807) is 0 Å². The van der Waals surface area contributed by atoms with Crippen molar-refractivity contribution in [3.63, 3.8) is 0 Å². The van der Waals surface area contributed by atoms with Crippen molar-refractivity contribution >= 4 is 17.0 Å². The van der Waals surface area contributed by atoms with E-state index in [-0.39, 0.29) is 0 Å². The van der Waals surface area contributed by atoms with Crippen molar-refractivity contribution in [2.24, 2.45) is 7.05 Å². The first-order valence-corrected chi connectivity index (χ1v) is 5.82. The van der Waals surface area contributed by atoms with E-state index in [1.807, 2.05) is 18.5 Å². The normalized spacial score (nSPS) is 10.8. The van der Waals surface area contributed by atoms with Gasteiger partial charge in [0.1, 0.15) is 6.33 Å². The van der Waals surface area contributed by atoms with E-state index in [0.29, 0.717) is 12.6 Å². The molecule has 2 aromatic rings. The summed E-state index contributed by atoms with van der Waals surface area (Å²) in [6.07, 6.45) is 2.58. The number of anilines is 1. The Morgan fingerprint density at radius 2 is 2.18 bits per heavy atom. The van der Waals surface area contributed by atoms with Crippen LogP contribution in [0.5, 0.6) is 6.01 Å². The van der Waals surface area contributed by atoms with Gasteiger partial charge in [-0.2, -0.15) is 4.98 Å². The number of aromatic nitrogens is 4. The molecule has 6 nitrogen and oxygen atoms in total. The Labute approximate surface area is 100 Å². The molecule has 0 fully saturated rings. The quantitative estimate of drug-likeness (QED) is 0.852. The summed E-state index contributed by atoms with van der Waals surface area (Å²) >= 11 is 0. The minimum absolute atomic E-state index is 0.572. The number of imidazole rings is 1.